The van der Waals surface area contributed by atoms with Crippen molar-refractivity contribution in [3.05, 3.63) is 0 Å². The van der Waals surface area contributed by atoms with Crippen LogP contribution in [0.15, 0.2) is 0 Å². The highest BCUT2D eigenvalue weighted by Gasteiger charge is 2.28. The van der Waals surface area contributed by atoms with Gasteiger partial charge in [0.1, 0.15) is 6.04 Å². The molecule has 1 saturated carbocycles. The molecular formula is C13H25NO2. The monoisotopic (exact) mass is 227 g/mol. The molecule has 1 aliphatic carbocycles. The van der Waals surface area contributed by atoms with E-state index in [0.29, 0.717) is 6.04 Å². The zero-order valence-corrected chi connectivity index (χ0v) is 10.8. The van der Waals surface area contributed by atoms with Crippen molar-refractivity contribution in [2.24, 2.45) is 5.92 Å². The van der Waals surface area contributed by atoms with Crippen molar-refractivity contribution in [3.8, 4) is 0 Å². The number of nitrogens with one attached hydrogen (secondary N) is 1. The molecule has 0 radical (unpaired) electrons. The predicted molar refractivity (Wildman–Crippen MR) is 65.3 cm³/mol. The number of esters is 1. The van der Waals surface area contributed by atoms with E-state index in [9.17, 15) is 4.79 Å². The molecule has 1 N–H and O–H groups in total. The van der Waals surface area contributed by atoms with Crippen LogP contribution < -0.4 is 5.32 Å². The molecule has 0 spiro atoms. The van der Waals surface area contributed by atoms with Crippen molar-refractivity contribution in [2.45, 2.75) is 64.5 Å². The molecule has 3 heteroatoms. The highest BCUT2D eigenvalue weighted by atomic mass is 16.5. The normalized spacial score (nSPS) is 19.9. The minimum absolute atomic E-state index is 0.111. The Morgan fingerprint density at radius 3 is 2.62 bits per heavy atom. The number of rotatable bonds is 7. The Bertz CT molecular complexity index is 214. The molecule has 0 aliphatic heterocycles. The second kappa shape index (κ2) is 6.89. The topological polar surface area (TPSA) is 38.3 Å². The van der Waals surface area contributed by atoms with Gasteiger partial charge in [0, 0.05) is 6.04 Å². The zero-order chi connectivity index (χ0) is 12.0. The van der Waals surface area contributed by atoms with Gasteiger partial charge in [0.2, 0.25) is 0 Å². The van der Waals surface area contributed by atoms with Crippen molar-refractivity contribution in [3.63, 3.8) is 0 Å². The third-order valence-electron chi connectivity index (χ3n) is 3.65. The van der Waals surface area contributed by atoms with E-state index in [1.807, 2.05) is 0 Å². The number of carbonyl (C=O) groups is 1. The molecule has 0 saturated heterocycles. The van der Waals surface area contributed by atoms with Gasteiger partial charge in [0.25, 0.3) is 0 Å². The maximum atomic E-state index is 11.6. The Labute approximate surface area is 98.9 Å². The molecule has 0 heterocycles. The van der Waals surface area contributed by atoms with Gasteiger partial charge in [-0.05, 0) is 32.1 Å². The maximum absolute atomic E-state index is 11.6. The molecule has 0 aromatic rings. The standard InChI is InChI=1S/C13H25NO2/c1-4-5-9-12(13(15)16-3)14-10(2)11-7-6-8-11/h10-12,14H,4-9H2,1-3H3. The first-order valence-corrected chi connectivity index (χ1v) is 6.53. The summed E-state index contributed by atoms with van der Waals surface area (Å²) in [5.74, 6) is 0.647. The average Bonchev–Trinajstić information content (AvgIpc) is 2.20. The van der Waals surface area contributed by atoms with Gasteiger partial charge < -0.3 is 10.1 Å². The van der Waals surface area contributed by atoms with Gasteiger partial charge in [-0.1, -0.05) is 26.2 Å². The molecule has 2 unspecified atom stereocenters. The van der Waals surface area contributed by atoms with Crippen LogP contribution in [0.5, 0.6) is 0 Å². The Hall–Kier alpha value is -0.570. The van der Waals surface area contributed by atoms with Crippen LogP contribution >= 0.6 is 0 Å². The molecule has 1 aliphatic rings. The van der Waals surface area contributed by atoms with Crippen LogP contribution in [-0.4, -0.2) is 25.2 Å². The van der Waals surface area contributed by atoms with Crippen LogP contribution in [0.25, 0.3) is 0 Å². The lowest BCUT2D eigenvalue weighted by Crippen LogP contribution is -2.47. The molecule has 1 fully saturated rings. The van der Waals surface area contributed by atoms with Gasteiger partial charge in [-0.15, -0.1) is 0 Å². The molecule has 94 valence electrons. The van der Waals surface area contributed by atoms with Crippen molar-refractivity contribution >= 4 is 5.97 Å². The van der Waals surface area contributed by atoms with Crippen LogP contribution in [0.2, 0.25) is 0 Å². The molecule has 3 nitrogen and oxygen atoms in total. The van der Waals surface area contributed by atoms with Gasteiger partial charge in [0.05, 0.1) is 7.11 Å². The SMILES string of the molecule is CCCCC(NC(C)C1CCC1)C(=O)OC. The molecule has 0 aromatic heterocycles. The fourth-order valence-corrected chi connectivity index (χ4v) is 2.21. The number of hydrogen-bond acceptors (Lipinski definition) is 3. The summed E-state index contributed by atoms with van der Waals surface area (Å²) in [5, 5.41) is 3.43. The van der Waals surface area contributed by atoms with Crippen molar-refractivity contribution in [1.82, 2.24) is 5.32 Å². The zero-order valence-electron chi connectivity index (χ0n) is 10.8. The summed E-state index contributed by atoms with van der Waals surface area (Å²) >= 11 is 0. The van der Waals surface area contributed by atoms with Gasteiger partial charge >= 0.3 is 5.97 Å². The van der Waals surface area contributed by atoms with Crippen LogP contribution in [0.1, 0.15) is 52.4 Å². The summed E-state index contributed by atoms with van der Waals surface area (Å²) in [7, 11) is 1.47. The Kier molecular flexibility index (Phi) is 5.81. The second-order valence-corrected chi connectivity index (χ2v) is 4.86. The molecular weight excluding hydrogens is 202 g/mol. The highest BCUT2D eigenvalue weighted by molar-refractivity contribution is 5.75. The average molecular weight is 227 g/mol. The summed E-state index contributed by atoms with van der Waals surface area (Å²) in [6, 6.07) is 0.329. The minimum atomic E-state index is -0.111. The summed E-state index contributed by atoms with van der Waals surface area (Å²) in [5.41, 5.74) is 0. The van der Waals surface area contributed by atoms with Crippen LogP contribution in [0.4, 0.5) is 0 Å². The van der Waals surface area contributed by atoms with Crippen molar-refractivity contribution in [1.29, 1.82) is 0 Å². The molecule has 0 aromatic carbocycles. The van der Waals surface area contributed by atoms with E-state index in [2.05, 4.69) is 19.2 Å². The smallest absolute Gasteiger partial charge is 0.322 e. The molecule has 1 rings (SSSR count). The lowest BCUT2D eigenvalue weighted by Gasteiger charge is -2.34. The number of hydrogen-bond donors (Lipinski definition) is 1. The lowest BCUT2D eigenvalue weighted by atomic mass is 9.80. The van der Waals surface area contributed by atoms with Gasteiger partial charge in [-0.3, -0.25) is 4.79 Å². The number of carbonyl (C=O) groups excluding carboxylic acids is 1. The van der Waals surface area contributed by atoms with Crippen LogP contribution in [-0.2, 0) is 9.53 Å². The highest BCUT2D eigenvalue weighted by Crippen LogP contribution is 2.29. The van der Waals surface area contributed by atoms with Gasteiger partial charge in [0.15, 0.2) is 0 Å². The number of unbranched alkanes of at least 4 members (excludes halogenated alkanes) is 1. The van der Waals surface area contributed by atoms with E-state index in [0.717, 1.165) is 25.2 Å². The van der Waals surface area contributed by atoms with E-state index in [1.165, 1.54) is 26.4 Å². The first kappa shape index (κ1) is 13.5. The van der Waals surface area contributed by atoms with E-state index >= 15 is 0 Å². The molecule has 16 heavy (non-hydrogen) atoms. The Morgan fingerprint density at radius 1 is 1.50 bits per heavy atom. The van der Waals surface area contributed by atoms with Gasteiger partial charge in [-0.25, -0.2) is 0 Å². The third-order valence-corrected chi connectivity index (χ3v) is 3.65. The number of methoxy groups -OCH3 is 1. The first-order chi connectivity index (χ1) is 7.69. The Morgan fingerprint density at radius 2 is 2.19 bits per heavy atom. The maximum Gasteiger partial charge on any atom is 0.322 e. The summed E-state index contributed by atoms with van der Waals surface area (Å²) in [4.78, 5) is 11.6. The van der Waals surface area contributed by atoms with Crippen LogP contribution in [0, 0.1) is 5.92 Å². The van der Waals surface area contributed by atoms with E-state index in [4.69, 9.17) is 4.74 Å². The van der Waals surface area contributed by atoms with E-state index in [1.54, 1.807) is 0 Å². The molecule has 0 bridgehead atoms. The summed E-state index contributed by atoms with van der Waals surface area (Å²) in [6.45, 7) is 4.33. The lowest BCUT2D eigenvalue weighted by molar-refractivity contribution is -0.143. The summed E-state index contributed by atoms with van der Waals surface area (Å²) in [6.07, 6.45) is 7.03. The predicted octanol–water partition coefficient (Wildman–Crippen LogP) is 2.50. The third kappa shape index (κ3) is 3.78. The van der Waals surface area contributed by atoms with Crippen molar-refractivity contribution < 1.29 is 9.53 Å². The van der Waals surface area contributed by atoms with Crippen LogP contribution in [0.3, 0.4) is 0 Å². The minimum Gasteiger partial charge on any atom is -0.468 e. The molecule has 0 amide bonds. The number of ether oxygens (including phenoxy) is 1. The van der Waals surface area contributed by atoms with E-state index in [-0.39, 0.29) is 12.0 Å². The van der Waals surface area contributed by atoms with Gasteiger partial charge in [-0.2, -0.15) is 0 Å². The fourth-order valence-electron chi connectivity index (χ4n) is 2.21. The van der Waals surface area contributed by atoms with E-state index < -0.39 is 0 Å². The second-order valence-electron chi connectivity index (χ2n) is 4.86. The first-order valence-electron chi connectivity index (χ1n) is 6.53. The Balaban J connectivity index is 2.38. The quantitative estimate of drug-likeness (QED) is 0.679. The summed E-state index contributed by atoms with van der Waals surface area (Å²) < 4.78 is 4.84. The fraction of sp³-hybridized carbons (Fsp3) is 0.923. The molecule has 2 atom stereocenters. The largest absolute Gasteiger partial charge is 0.468 e. The van der Waals surface area contributed by atoms with Crippen molar-refractivity contribution in [2.75, 3.05) is 7.11 Å².